The van der Waals surface area contributed by atoms with E-state index in [1.165, 1.54) is 5.56 Å². The quantitative estimate of drug-likeness (QED) is 0.835. The normalized spacial score (nSPS) is 26.2. The molecule has 0 aromatic heterocycles. The molecule has 2 aliphatic rings. The Kier molecular flexibility index (Phi) is 6.92. The summed E-state index contributed by atoms with van der Waals surface area (Å²) < 4.78 is 0. The SMILES string of the molecule is CCC(C)c1ccccc1N1CC(C(=O)N2CCC(C)(CN)C2)CC1=O.Cl. The van der Waals surface area contributed by atoms with Gasteiger partial charge >= 0.3 is 0 Å². The number of nitrogens with zero attached hydrogens (tertiary/aromatic N) is 2. The summed E-state index contributed by atoms with van der Waals surface area (Å²) in [5, 5.41) is 0. The monoisotopic (exact) mass is 393 g/mol. The number of carbonyl (C=O) groups is 2. The second-order valence-electron chi connectivity index (χ2n) is 8.30. The fraction of sp³-hybridized carbons (Fsp3) is 0.619. The van der Waals surface area contributed by atoms with Crippen LogP contribution in [0, 0.1) is 11.3 Å². The smallest absolute Gasteiger partial charge is 0.228 e. The summed E-state index contributed by atoms with van der Waals surface area (Å²) in [6.07, 6.45) is 2.27. The van der Waals surface area contributed by atoms with Crippen LogP contribution >= 0.6 is 12.4 Å². The number of halogens is 1. The maximum Gasteiger partial charge on any atom is 0.228 e. The molecule has 2 saturated heterocycles. The summed E-state index contributed by atoms with van der Waals surface area (Å²) in [6.45, 7) is 9.00. The van der Waals surface area contributed by atoms with Gasteiger partial charge in [0.2, 0.25) is 11.8 Å². The van der Waals surface area contributed by atoms with Crippen LogP contribution in [0.15, 0.2) is 24.3 Å². The average Bonchev–Trinajstić information content (AvgIpc) is 3.24. The van der Waals surface area contributed by atoms with Crippen molar-refractivity contribution < 1.29 is 9.59 Å². The molecule has 0 bridgehead atoms. The number of rotatable bonds is 5. The zero-order valence-corrected chi connectivity index (χ0v) is 17.4. The molecule has 2 aliphatic heterocycles. The largest absolute Gasteiger partial charge is 0.342 e. The van der Waals surface area contributed by atoms with Crippen molar-refractivity contribution in [2.45, 2.75) is 46.0 Å². The van der Waals surface area contributed by atoms with Crippen molar-refractivity contribution in [2.24, 2.45) is 17.1 Å². The molecular formula is C21H32ClN3O2. The number of para-hydroxylation sites is 1. The molecule has 2 heterocycles. The third-order valence-corrected chi connectivity index (χ3v) is 6.21. The van der Waals surface area contributed by atoms with Crippen molar-refractivity contribution >= 4 is 29.9 Å². The third kappa shape index (κ3) is 4.30. The lowest BCUT2D eigenvalue weighted by atomic mass is 9.90. The summed E-state index contributed by atoms with van der Waals surface area (Å²) >= 11 is 0. The van der Waals surface area contributed by atoms with E-state index in [4.69, 9.17) is 5.73 Å². The Balaban J connectivity index is 0.00000261. The van der Waals surface area contributed by atoms with Crippen molar-refractivity contribution in [2.75, 3.05) is 31.1 Å². The van der Waals surface area contributed by atoms with E-state index in [1.807, 2.05) is 28.0 Å². The van der Waals surface area contributed by atoms with Crippen LogP contribution in [-0.2, 0) is 9.59 Å². The molecule has 150 valence electrons. The van der Waals surface area contributed by atoms with Gasteiger partial charge in [-0.25, -0.2) is 0 Å². The van der Waals surface area contributed by atoms with E-state index >= 15 is 0 Å². The highest BCUT2D eigenvalue weighted by molar-refractivity contribution is 6.01. The predicted octanol–water partition coefficient (Wildman–Crippen LogP) is 3.17. The Morgan fingerprint density at radius 3 is 2.70 bits per heavy atom. The van der Waals surface area contributed by atoms with Crippen molar-refractivity contribution in [3.63, 3.8) is 0 Å². The number of likely N-dealkylation sites (tertiary alicyclic amines) is 1. The second-order valence-corrected chi connectivity index (χ2v) is 8.30. The van der Waals surface area contributed by atoms with E-state index in [1.54, 1.807) is 0 Å². The Morgan fingerprint density at radius 2 is 2.07 bits per heavy atom. The zero-order chi connectivity index (χ0) is 18.9. The maximum atomic E-state index is 13.0. The molecule has 3 rings (SSSR count). The third-order valence-electron chi connectivity index (χ3n) is 6.21. The molecular weight excluding hydrogens is 362 g/mol. The highest BCUT2D eigenvalue weighted by Crippen LogP contribution is 2.35. The fourth-order valence-electron chi connectivity index (χ4n) is 4.11. The Labute approximate surface area is 168 Å². The molecule has 6 heteroatoms. The van der Waals surface area contributed by atoms with Gasteiger partial charge in [-0.1, -0.05) is 39.0 Å². The van der Waals surface area contributed by atoms with Gasteiger partial charge in [0.1, 0.15) is 0 Å². The molecule has 3 atom stereocenters. The van der Waals surface area contributed by atoms with E-state index in [9.17, 15) is 9.59 Å². The van der Waals surface area contributed by atoms with Crippen molar-refractivity contribution in [3.05, 3.63) is 29.8 Å². The van der Waals surface area contributed by atoms with E-state index in [0.717, 1.165) is 25.1 Å². The summed E-state index contributed by atoms with van der Waals surface area (Å²) in [5.41, 5.74) is 8.03. The molecule has 1 aromatic rings. The highest BCUT2D eigenvalue weighted by Gasteiger charge is 2.42. The Bertz CT molecular complexity index is 696. The number of nitrogens with two attached hydrogens (primary N) is 1. The molecule has 0 aliphatic carbocycles. The molecule has 3 unspecified atom stereocenters. The minimum Gasteiger partial charge on any atom is -0.342 e. The van der Waals surface area contributed by atoms with Gasteiger partial charge in [0.05, 0.1) is 5.92 Å². The molecule has 2 fully saturated rings. The van der Waals surface area contributed by atoms with Crippen molar-refractivity contribution in [1.29, 1.82) is 0 Å². The van der Waals surface area contributed by atoms with Crippen molar-refractivity contribution in [3.8, 4) is 0 Å². The number of amides is 2. The molecule has 1 aromatic carbocycles. The molecule has 2 N–H and O–H groups in total. The van der Waals surface area contributed by atoms with E-state index in [2.05, 4.69) is 26.8 Å². The number of anilines is 1. The van der Waals surface area contributed by atoms with Crippen LogP contribution in [0.2, 0.25) is 0 Å². The summed E-state index contributed by atoms with van der Waals surface area (Å²) in [4.78, 5) is 29.4. The van der Waals surface area contributed by atoms with Crippen LogP contribution in [-0.4, -0.2) is 42.9 Å². The van der Waals surface area contributed by atoms with E-state index in [0.29, 0.717) is 32.0 Å². The summed E-state index contributed by atoms with van der Waals surface area (Å²) in [7, 11) is 0. The van der Waals surface area contributed by atoms with Crippen LogP contribution in [0.3, 0.4) is 0 Å². The predicted molar refractivity (Wildman–Crippen MR) is 111 cm³/mol. The van der Waals surface area contributed by atoms with Gasteiger partial charge < -0.3 is 15.5 Å². The van der Waals surface area contributed by atoms with Crippen LogP contribution in [0.1, 0.15) is 51.5 Å². The number of hydrogen-bond donors (Lipinski definition) is 1. The summed E-state index contributed by atoms with van der Waals surface area (Å²) in [6, 6.07) is 8.09. The van der Waals surface area contributed by atoms with Crippen LogP contribution in [0.4, 0.5) is 5.69 Å². The van der Waals surface area contributed by atoms with Gasteiger partial charge in [-0.2, -0.15) is 0 Å². The zero-order valence-electron chi connectivity index (χ0n) is 16.6. The standard InChI is InChI=1S/C21H31N3O2.ClH/c1-4-15(2)17-7-5-6-8-18(17)24-12-16(11-19(24)25)20(26)23-10-9-21(3,13-22)14-23;/h5-8,15-16H,4,9-14,22H2,1-3H3;1H. The highest BCUT2D eigenvalue weighted by atomic mass is 35.5. The van der Waals surface area contributed by atoms with Gasteiger partial charge in [-0.3, -0.25) is 9.59 Å². The fourth-order valence-corrected chi connectivity index (χ4v) is 4.11. The molecule has 0 spiro atoms. The first-order chi connectivity index (χ1) is 12.4. The lowest BCUT2D eigenvalue weighted by Crippen LogP contribution is -2.38. The molecule has 27 heavy (non-hydrogen) atoms. The summed E-state index contributed by atoms with van der Waals surface area (Å²) in [5.74, 6) is 0.309. The molecule has 2 amide bonds. The van der Waals surface area contributed by atoms with Gasteiger partial charge in [-0.15, -0.1) is 12.4 Å². The molecule has 5 nitrogen and oxygen atoms in total. The molecule has 0 saturated carbocycles. The van der Waals surface area contributed by atoms with Crippen LogP contribution < -0.4 is 10.6 Å². The van der Waals surface area contributed by atoms with Crippen molar-refractivity contribution in [1.82, 2.24) is 4.90 Å². The maximum absolute atomic E-state index is 13.0. The average molecular weight is 394 g/mol. The number of carbonyl (C=O) groups excluding carboxylic acids is 2. The minimum absolute atomic E-state index is 0. The van der Waals surface area contributed by atoms with E-state index < -0.39 is 0 Å². The van der Waals surface area contributed by atoms with Gasteiger partial charge in [0.25, 0.3) is 0 Å². The molecule has 0 radical (unpaired) electrons. The van der Waals surface area contributed by atoms with Gasteiger partial charge in [0, 0.05) is 31.7 Å². The van der Waals surface area contributed by atoms with Crippen LogP contribution in [0.5, 0.6) is 0 Å². The first kappa shape index (κ1) is 21.7. The first-order valence-electron chi connectivity index (χ1n) is 9.76. The second kappa shape index (κ2) is 8.61. The lowest BCUT2D eigenvalue weighted by molar-refractivity contribution is -0.135. The first-order valence-corrected chi connectivity index (χ1v) is 9.76. The Hall–Kier alpha value is -1.59. The van der Waals surface area contributed by atoms with E-state index in [-0.39, 0.29) is 35.6 Å². The van der Waals surface area contributed by atoms with Gasteiger partial charge in [-0.05, 0) is 42.3 Å². The number of hydrogen-bond acceptors (Lipinski definition) is 3. The Morgan fingerprint density at radius 1 is 1.37 bits per heavy atom. The number of benzene rings is 1. The van der Waals surface area contributed by atoms with Gasteiger partial charge in [0.15, 0.2) is 0 Å². The topological polar surface area (TPSA) is 66.6 Å². The lowest BCUT2D eigenvalue weighted by Gasteiger charge is -2.25. The van der Waals surface area contributed by atoms with Crippen LogP contribution in [0.25, 0.3) is 0 Å². The minimum atomic E-state index is -0.243.